The van der Waals surface area contributed by atoms with Gasteiger partial charge in [-0.1, -0.05) is 41.5 Å². The minimum Gasteiger partial charge on any atom is -0.353 e. The molecule has 1 aliphatic rings. The van der Waals surface area contributed by atoms with Crippen LogP contribution in [0.3, 0.4) is 0 Å². The lowest BCUT2D eigenvalue weighted by molar-refractivity contribution is -0.122. The topological polar surface area (TPSA) is 61.4 Å². The monoisotopic (exact) mass is 329 g/mol. The van der Waals surface area contributed by atoms with Crippen molar-refractivity contribution in [1.82, 2.24) is 15.5 Å². The molecule has 2 N–H and O–H groups in total. The molecular weight excluding hydrogens is 302 g/mol. The average molecular weight is 329 g/mol. The molecule has 1 atom stereocenters. The Hall–Kier alpha value is -2.14. The van der Waals surface area contributed by atoms with Gasteiger partial charge in [-0.2, -0.15) is 0 Å². The minimum absolute atomic E-state index is 0.00811. The van der Waals surface area contributed by atoms with Crippen molar-refractivity contribution in [2.45, 2.75) is 33.2 Å². The highest BCUT2D eigenvalue weighted by Gasteiger charge is 2.16. The molecule has 0 fully saturated rings. The van der Waals surface area contributed by atoms with Crippen LogP contribution in [0, 0.1) is 6.92 Å². The molecule has 0 bridgehead atoms. The third-order valence-corrected chi connectivity index (χ3v) is 4.27. The summed E-state index contributed by atoms with van der Waals surface area (Å²) in [6.45, 7) is 8.19. The van der Waals surface area contributed by atoms with Crippen molar-refractivity contribution in [3.8, 4) is 0 Å². The highest BCUT2D eigenvalue weighted by Crippen LogP contribution is 2.13. The predicted octanol–water partition coefficient (Wildman–Crippen LogP) is 1.94. The molecule has 1 aromatic carbocycles. The fourth-order valence-corrected chi connectivity index (χ4v) is 2.72. The number of benzene rings is 1. The molecule has 1 aromatic rings. The van der Waals surface area contributed by atoms with Crippen LogP contribution in [-0.4, -0.2) is 42.9 Å². The highest BCUT2D eigenvalue weighted by molar-refractivity contribution is 5.78. The maximum Gasteiger partial charge on any atom is 0.234 e. The predicted molar refractivity (Wildman–Crippen MR) is 95.6 cm³/mol. The van der Waals surface area contributed by atoms with Gasteiger partial charge in [0.1, 0.15) is 0 Å². The van der Waals surface area contributed by atoms with Gasteiger partial charge in [0.25, 0.3) is 0 Å². The number of aryl methyl sites for hydroxylation is 1. The van der Waals surface area contributed by atoms with Gasteiger partial charge < -0.3 is 10.6 Å². The number of rotatable bonds is 6. The van der Waals surface area contributed by atoms with E-state index in [0.29, 0.717) is 13.1 Å². The molecule has 0 saturated carbocycles. The molecule has 130 valence electrons. The van der Waals surface area contributed by atoms with Crippen LogP contribution in [0.25, 0.3) is 0 Å². The molecule has 0 aromatic heterocycles. The van der Waals surface area contributed by atoms with Gasteiger partial charge >= 0.3 is 0 Å². The Bertz CT molecular complexity index is 608. The van der Waals surface area contributed by atoms with E-state index in [1.54, 1.807) is 0 Å². The molecular formula is C19H27N3O2. The van der Waals surface area contributed by atoms with Crippen LogP contribution < -0.4 is 10.6 Å². The Labute approximate surface area is 144 Å². The van der Waals surface area contributed by atoms with Gasteiger partial charge in [0, 0.05) is 26.6 Å². The van der Waals surface area contributed by atoms with Gasteiger partial charge in [0.05, 0.1) is 12.6 Å². The van der Waals surface area contributed by atoms with Crippen LogP contribution in [0.5, 0.6) is 0 Å². The van der Waals surface area contributed by atoms with Gasteiger partial charge in [-0.3, -0.25) is 14.5 Å². The normalized spacial score (nSPS) is 16.2. The Morgan fingerprint density at radius 2 is 1.96 bits per heavy atom. The first-order valence-electron chi connectivity index (χ1n) is 8.44. The minimum atomic E-state index is -0.0113. The van der Waals surface area contributed by atoms with Crippen LogP contribution in [0.1, 0.15) is 37.4 Å². The molecule has 0 saturated heterocycles. The lowest BCUT2D eigenvalue weighted by Crippen LogP contribution is -2.40. The summed E-state index contributed by atoms with van der Waals surface area (Å²) in [7, 11) is 0. The summed E-state index contributed by atoms with van der Waals surface area (Å²) in [6, 6.07) is 8.23. The molecule has 2 amide bonds. The van der Waals surface area contributed by atoms with E-state index < -0.39 is 0 Å². The number of nitrogens with one attached hydrogen (secondary N) is 2. The number of amides is 2. The van der Waals surface area contributed by atoms with Gasteiger partial charge in [0.15, 0.2) is 0 Å². The quantitative estimate of drug-likeness (QED) is 0.784. The number of carbonyl (C=O) groups excluding carboxylic acids is 2. The van der Waals surface area contributed by atoms with E-state index in [2.05, 4.69) is 52.8 Å². The smallest absolute Gasteiger partial charge is 0.234 e. The fraction of sp³-hybridized carbons (Fsp3) is 0.474. The zero-order valence-electron chi connectivity index (χ0n) is 14.8. The lowest BCUT2D eigenvalue weighted by Gasteiger charge is -2.26. The SMILES string of the molecule is CC(=O)NCC1=CCN(CC(=O)N[C@@H](C)c2ccc(C)cc2)CC1. The average Bonchev–Trinajstić information content (AvgIpc) is 2.54. The molecule has 0 spiro atoms. The summed E-state index contributed by atoms with van der Waals surface area (Å²) in [5.74, 6) is 0.0320. The maximum atomic E-state index is 12.2. The van der Waals surface area contributed by atoms with Crippen LogP contribution >= 0.6 is 0 Å². The summed E-state index contributed by atoms with van der Waals surface area (Å²) in [6.07, 6.45) is 3.00. The zero-order valence-corrected chi connectivity index (χ0v) is 14.8. The van der Waals surface area contributed by atoms with Crippen molar-refractivity contribution in [3.63, 3.8) is 0 Å². The van der Waals surface area contributed by atoms with Gasteiger partial charge in [-0.25, -0.2) is 0 Å². The van der Waals surface area contributed by atoms with Crippen molar-refractivity contribution < 1.29 is 9.59 Å². The van der Waals surface area contributed by atoms with Crippen molar-refractivity contribution in [3.05, 3.63) is 47.0 Å². The molecule has 2 rings (SSSR count). The van der Waals surface area contributed by atoms with Crippen molar-refractivity contribution >= 4 is 11.8 Å². The molecule has 0 aliphatic carbocycles. The first kappa shape index (κ1) is 18.2. The molecule has 1 aliphatic heterocycles. The molecule has 1 heterocycles. The molecule has 0 unspecified atom stereocenters. The van der Waals surface area contributed by atoms with E-state index in [1.807, 2.05) is 6.92 Å². The van der Waals surface area contributed by atoms with Crippen LogP contribution in [0.4, 0.5) is 0 Å². The van der Waals surface area contributed by atoms with E-state index >= 15 is 0 Å². The van der Waals surface area contributed by atoms with Crippen molar-refractivity contribution in [2.24, 2.45) is 0 Å². The van der Waals surface area contributed by atoms with E-state index in [0.717, 1.165) is 25.1 Å². The Kier molecular flexibility index (Phi) is 6.55. The number of hydrogen-bond donors (Lipinski definition) is 2. The van der Waals surface area contributed by atoms with Gasteiger partial charge in [-0.05, 0) is 25.8 Å². The second-order valence-corrected chi connectivity index (χ2v) is 6.46. The summed E-state index contributed by atoms with van der Waals surface area (Å²) in [4.78, 5) is 25.3. The van der Waals surface area contributed by atoms with Crippen molar-refractivity contribution in [1.29, 1.82) is 0 Å². The highest BCUT2D eigenvalue weighted by atomic mass is 16.2. The fourth-order valence-electron chi connectivity index (χ4n) is 2.72. The second kappa shape index (κ2) is 8.64. The maximum absolute atomic E-state index is 12.2. The standard InChI is InChI=1S/C19H27N3O2/c1-14-4-6-18(7-5-14)15(2)21-19(24)13-22-10-8-17(9-11-22)12-20-16(3)23/h4-8,15H,9-13H2,1-3H3,(H,20,23)(H,21,24)/t15-/m0/s1. The van der Waals surface area contributed by atoms with E-state index in [-0.39, 0.29) is 17.9 Å². The zero-order chi connectivity index (χ0) is 17.5. The Morgan fingerprint density at radius 1 is 1.25 bits per heavy atom. The second-order valence-electron chi connectivity index (χ2n) is 6.46. The molecule has 0 radical (unpaired) electrons. The first-order valence-corrected chi connectivity index (χ1v) is 8.44. The van der Waals surface area contributed by atoms with Gasteiger partial charge in [0.2, 0.25) is 11.8 Å². The van der Waals surface area contributed by atoms with Crippen LogP contribution in [0.2, 0.25) is 0 Å². The Morgan fingerprint density at radius 3 is 2.54 bits per heavy atom. The number of carbonyl (C=O) groups is 2. The number of hydrogen-bond acceptors (Lipinski definition) is 3. The van der Waals surface area contributed by atoms with E-state index in [9.17, 15) is 9.59 Å². The third kappa shape index (κ3) is 5.81. The van der Waals surface area contributed by atoms with E-state index in [1.165, 1.54) is 18.1 Å². The van der Waals surface area contributed by atoms with Gasteiger partial charge in [-0.15, -0.1) is 0 Å². The third-order valence-electron chi connectivity index (χ3n) is 4.27. The largest absolute Gasteiger partial charge is 0.353 e. The first-order chi connectivity index (χ1) is 11.4. The molecule has 24 heavy (non-hydrogen) atoms. The summed E-state index contributed by atoms with van der Waals surface area (Å²) < 4.78 is 0. The number of nitrogens with zero attached hydrogens (tertiary/aromatic N) is 1. The lowest BCUT2D eigenvalue weighted by atomic mass is 10.1. The van der Waals surface area contributed by atoms with E-state index in [4.69, 9.17) is 0 Å². The summed E-state index contributed by atoms with van der Waals surface area (Å²) in [5.41, 5.74) is 3.56. The Balaban J connectivity index is 1.77. The van der Waals surface area contributed by atoms with Crippen LogP contribution in [0.15, 0.2) is 35.9 Å². The summed E-state index contributed by atoms with van der Waals surface area (Å²) >= 11 is 0. The summed E-state index contributed by atoms with van der Waals surface area (Å²) in [5, 5.41) is 5.87. The molecule has 5 heteroatoms. The van der Waals surface area contributed by atoms with Crippen LogP contribution in [-0.2, 0) is 9.59 Å². The molecule has 5 nitrogen and oxygen atoms in total. The van der Waals surface area contributed by atoms with Crippen molar-refractivity contribution in [2.75, 3.05) is 26.2 Å².